The molecule has 0 radical (unpaired) electrons. The first kappa shape index (κ1) is 25.9. The van der Waals surface area contributed by atoms with Crippen molar-refractivity contribution in [3.05, 3.63) is 59.7 Å². The Kier molecular flexibility index (Phi) is 9.33. The minimum absolute atomic E-state index is 0.0332. The zero-order valence-electron chi connectivity index (χ0n) is 19.0. The summed E-state index contributed by atoms with van der Waals surface area (Å²) >= 11 is 1.31. The molecule has 9 nitrogen and oxygen atoms in total. The molecule has 1 aromatic heterocycles. The maximum Gasteiger partial charge on any atom is 0.413 e. The van der Waals surface area contributed by atoms with E-state index in [2.05, 4.69) is 20.3 Å². The number of amides is 2. The molecule has 3 aromatic rings. The van der Waals surface area contributed by atoms with Gasteiger partial charge in [0, 0.05) is 13.5 Å². The van der Waals surface area contributed by atoms with Crippen molar-refractivity contribution in [3.8, 4) is 0 Å². The van der Waals surface area contributed by atoms with Crippen molar-refractivity contribution in [3.63, 3.8) is 0 Å². The maximum atomic E-state index is 13.9. The molecular weight excluding hydrogens is 478 g/mol. The van der Waals surface area contributed by atoms with E-state index in [1.165, 1.54) is 28.4 Å². The van der Waals surface area contributed by atoms with Crippen molar-refractivity contribution in [1.82, 2.24) is 14.8 Å². The SMILES string of the molecule is CN(C(=O)CCc1cccc(F)c1F)[C@@H](CCCN=[N+]=N)COC(=O)Nc1nc2ccccc2s1. The molecule has 0 fully saturated rings. The highest BCUT2D eigenvalue weighted by atomic mass is 32.1. The Hall–Kier alpha value is -3.76. The van der Waals surface area contributed by atoms with Crippen molar-refractivity contribution in [2.24, 2.45) is 5.11 Å². The van der Waals surface area contributed by atoms with Crippen molar-refractivity contribution < 1.29 is 23.1 Å². The van der Waals surface area contributed by atoms with Crippen LogP contribution in [0.1, 0.15) is 24.8 Å². The number of carbonyl (C=O) groups is 2. The van der Waals surface area contributed by atoms with Gasteiger partial charge in [-0.2, -0.15) is 0 Å². The molecule has 0 aliphatic rings. The second-order valence-electron chi connectivity index (χ2n) is 7.69. The Bertz CT molecular complexity index is 1200. The van der Waals surface area contributed by atoms with Gasteiger partial charge in [-0.25, -0.2) is 18.6 Å². The van der Waals surface area contributed by atoms with E-state index in [-0.39, 0.29) is 37.5 Å². The number of thiazole rings is 1. The summed E-state index contributed by atoms with van der Waals surface area (Å²) in [6.45, 7) is 0.194. The van der Waals surface area contributed by atoms with Gasteiger partial charge in [0.25, 0.3) is 0 Å². The summed E-state index contributed by atoms with van der Waals surface area (Å²) in [7, 11) is 1.57. The molecule has 1 heterocycles. The number of aromatic nitrogens is 1. The first-order valence-electron chi connectivity index (χ1n) is 10.9. The zero-order valence-corrected chi connectivity index (χ0v) is 19.9. The number of hydrogen-bond donors (Lipinski definition) is 2. The predicted octanol–water partition coefficient (Wildman–Crippen LogP) is 4.91. The van der Waals surface area contributed by atoms with E-state index in [0.717, 1.165) is 16.3 Å². The van der Waals surface area contributed by atoms with Crippen molar-refractivity contribution in [1.29, 1.82) is 5.53 Å². The van der Waals surface area contributed by atoms with Crippen LogP contribution >= 0.6 is 11.3 Å². The van der Waals surface area contributed by atoms with E-state index in [1.807, 2.05) is 24.3 Å². The van der Waals surface area contributed by atoms with Crippen molar-refractivity contribution in [2.45, 2.75) is 31.7 Å². The summed E-state index contributed by atoms with van der Waals surface area (Å²) < 4.78 is 33.6. The van der Waals surface area contributed by atoms with Gasteiger partial charge in [-0.15, -0.1) is 0 Å². The molecule has 0 aliphatic carbocycles. The Morgan fingerprint density at radius 3 is 2.83 bits per heavy atom. The second kappa shape index (κ2) is 12.6. The van der Waals surface area contributed by atoms with Gasteiger partial charge in [-0.1, -0.05) is 35.6 Å². The molecule has 0 saturated heterocycles. The fourth-order valence-electron chi connectivity index (χ4n) is 3.42. The molecule has 2 N–H and O–H groups in total. The standard InChI is InChI=1S/C23H24F2N6O3S/c1-31(20(32)12-11-15-6-4-8-17(24)21(15)25)16(7-5-13-27-30-26)14-34-23(33)29-22-28-18-9-2-3-10-19(18)35-22/h2-4,6,8-10,16,26H,5,7,11-14H2,1H3/p+1/t16-/m0/s1. The number of nitrogens with one attached hydrogen (secondary N) is 2. The fourth-order valence-corrected chi connectivity index (χ4v) is 4.27. The second-order valence-corrected chi connectivity index (χ2v) is 8.72. The molecule has 0 aliphatic heterocycles. The van der Waals surface area contributed by atoms with Gasteiger partial charge in [-0.05, 0) is 43.0 Å². The quantitative estimate of drug-likeness (QED) is 0.219. The molecule has 0 spiro atoms. The van der Waals surface area contributed by atoms with E-state index in [1.54, 1.807) is 7.05 Å². The lowest BCUT2D eigenvalue weighted by molar-refractivity contribution is -0.132. The van der Waals surface area contributed by atoms with Crippen LogP contribution in [0.5, 0.6) is 0 Å². The summed E-state index contributed by atoms with van der Waals surface area (Å²) in [6, 6.07) is 10.8. The highest BCUT2D eigenvalue weighted by Gasteiger charge is 2.22. The fraction of sp³-hybridized carbons (Fsp3) is 0.348. The molecular formula is C23H25F2N6O3S+. The zero-order chi connectivity index (χ0) is 25.2. The van der Waals surface area contributed by atoms with Crippen LogP contribution in [0.15, 0.2) is 47.6 Å². The number of hydrogen-bond acceptors (Lipinski definition) is 7. The van der Waals surface area contributed by atoms with Gasteiger partial charge in [0.1, 0.15) is 23.8 Å². The van der Waals surface area contributed by atoms with Gasteiger partial charge >= 0.3 is 6.09 Å². The third kappa shape index (κ3) is 7.36. The topological polar surface area (TPSA) is 122 Å². The average molecular weight is 504 g/mol. The Morgan fingerprint density at radius 2 is 2.06 bits per heavy atom. The minimum Gasteiger partial charge on any atom is -0.447 e. The number of carbonyl (C=O) groups excluding carboxylic acids is 2. The number of nitrogens with zero attached hydrogens (tertiary/aromatic N) is 4. The first-order chi connectivity index (χ1) is 16.9. The number of aryl methyl sites for hydroxylation is 1. The molecule has 3 rings (SSSR count). The number of likely N-dealkylation sites (N-methyl/N-ethyl adjacent to an activating group) is 1. The van der Waals surface area contributed by atoms with Crippen LogP contribution in [0.2, 0.25) is 0 Å². The number of fused-ring (bicyclic) bond motifs is 1. The molecule has 2 aromatic carbocycles. The van der Waals surface area contributed by atoms with Crippen molar-refractivity contribution in [2.75, 3.05) is 25.5 Å². The summed E-state index contributed by atoms with van der Waals surface area (Å²) in [5.74, 6) is -2.23. The van der Waals surface area contributed by atoms with Gasteiger partial charge in [0.15, 0.2) is 16.8 Å². The lowest BCUT2D eigenvalue weighted by Crippen LogP contribution is -2.41. The lowest BCUT2D eigenvalue weighted by atomic mass is 10.1. The third-order valence-electron chi connectivity index (χ3n) is 5.36. The third-order valence-corrected chi connectivity index (χ3v) is 6.31. The van der Waals surface area contributed by atoms with Gasteiger partial charge < -0.3 is 9.64 Å². The molecule has 1 atom stereocenters. The number of halogens is 2. The summed E-state index contributed by atoms with van der Waals surface area (Å²) in [5.41, 5.74) is 7.62. The number of benzene rings is 2. The Labute approximate surface area is 204 Å². The van der Waals surface area contributed by atoms with E-state index < -0.39 is 23.8 Å². The molecule has 0 bridgehead atoms. The largest absolute Gasteiger partial charge is 0.447 e. The monoisotopic (exact) mass is 503 g/mol. The van der Waals surface area contributed by atoms with Gasteiger partial charge in [0.2, 0.25) is 10.8 Å². The van der Waals surface area contributed by atoms with Gasteiger partial charge in [0.05, 0.1) is 16.3 Å². The lowest BCUT2D eigenvalue weighted by Gasteiger charge is -2.28. The number of para-hydroxylation sites is 1. The van der Waals surface area contributed by atoms with Crippen LogP contribution in [-0.4, -0.2) is 48.1 Å². The Morgan fingerprint density at radius 1 is 1.26 bits per heavy atom. The van der Waals surface area contributed by atoms with Crippen LogP contribution in [0.4, 0.5) is 18.7 Å². The molecule has 184 valence electrons. The summed E-state index contributed by atoms with van der Waals surface area (Å²) in [5, 5.41) is 6.59. The highest BCUT2D eigenvalue weighted by molar-refractivity contribution is 7.22. The normalized spacial score (nSPS) is 11.5. The van der Waals surface area contributed by atoms with Crippen molar-refractivity contribution >= 4 is 38.7 Å². The molecule has 2 amide bonds. The summed E-state index contributed by atoms with van der Waals surface area (Å²) in [4.78, 5) is 33.8. The van der Waals surface area contributed by atoms with Crippen LogP contribution in [-0.2, 0) is 16.0 Å². The number of rotatable bonds is 11. The van der Waals surface area contributed by atoms with Crippen LogP contribution < -0.4 is 10.2 Å². The van der Waals surface area contributed by atoms with Crippen LogP contribution in [0, 0.1) is 17.2 Å². The van der Waals surface area contributed by atoms with Crippen LogP contribution in [0.3, 0.4) is 0 Å². The van der Waals surface area contributed by atoms with Crippen LogP contribution in [0.25, 0.3) is 10.2 Å². The predicted molar refractivity (Wildman–Crippen MR) is 127 cm³/mol. The van der Waals surface area contributed by atoms with Gasteiger partial charge in [-0.3, -0.25) is 10.1 Å². The molecule has 35 heavy (non-hydrogen) atoms. The van der Waals surface area contributed by atoms with E-state index in [0.29, 0.717) is 18.0 Å². The molecule has 0 saturated carbocycles. The molecule has 12 heteroatoms. The van der Waals surface area contributed by atoms with E-state index in [9.17, 15) is 18.4 Å². The highest BCUT2D eigenvalue weighted by Crippen LogP contribution is 2.25. The number of ether oxygens (including phenoxy) is 1. The van der Waals surface area contributed by atoms with E-state index in [4.69, 9.17) is 10.3 Å². The molecule has 0 unspecified atom stereocenters. The maximum absolute atomic E-state index is 13.9. The number of anilines is 1. The average Bonchev–Trinajstić information content (AvgIpc) is 3.26. The summed E-state index contributed by atoms with van der Waals surface area (Å²) in [6.07, 6.45) is 0.224. The minimum atomic E-state index is -0.963. The Balaban J connectivity index is 1.58. The smallest absolute Gasteiger partial charge is 0.413 e. The van der Waals surface area contributed by atoms with E-state index >= 15 is 0 Å². The first-order valence-corrected chi connectivity index (χ1v) is 11.7.